The molecule has 7 nitrogen and oxygen atoms in total. The second-order valence-corrected chi connectivity index (χ2v) is 9.36. The Bertz CT molecular complexity index is 1130. The molecule has 1 N–H and O–H groups in total. The Labute approximate surface area is 196 Å². The van der Waals surface area contributed by atoms with Gasteiger partial charge in [0.1, 0.15) is 0 Å². The number of nitrogens with zero attached hydrogens (tertiary/aromatic N) is 4. The molecule has 3 aromatic rings. The average Bonchev–Trinajstić information content (AvgIpc) is 3.44. The number of Topliss-reactive ketones (excluding diaryl/α,β-unsaturated/α-hetero) is 1. The van der Waals surface area contributed by atoms with Crippen molar-refractivity contribution in [2.75, 3.05) is 23.3 Å². The van der Waals surface area contributed by atoms with Gasteiger partial charge in [-0.2, -0.15) is 0 Å². The van der Waals surface area contributed by atoms with Crippen molar-refractivity contribution in [2.45, 2.75) is 37.1 Å². The van der Waals surface area contributed by atoms with E-state index >= 15 is 0 Å². The summed E-state index contributed by atoms with van der Waals surface area (Å²) in [6.45, 7) is 5.14. The third-order valence-electron chi connectivity index (χ3n) is 5.24. The minimum atomic E-state index is -0.390. The topological polar surface area (TPSA) is 80.1 Å². The molecular weight excluding hydrogens is 446 g/mol. The van der Waals surface area contributed by atoms with Gasteiger partial charge in [0.15, 0.2) is 10.9 Å². The van der Waals surface area contributed by atoms with Crippen LogP contribution in [0, 0.1) is 0 Å². The first-order valence-corrected chi connectivity index (χ1v) is 11.7. The highest BCUT2D eigenvalue weighted by atomic mass is 35.5. The summed E-state index contributed by atoms with van der Waals surface area (Å²) in [6, 6.07) is 14.5. The van der Waals surface area contributed by atoms with Crippen LogP contribution in [0.15, 0.2) is 53.7 Å². The lowest BCUT2D eigenvalue weighted by Crippen LogP contribution is -2.22. The molecule has 1 amide bonds. The van der Waals surface area contributed by atoms with E-state index in [1.54, 1.807) is 24.3 Å². The Balaban J connectivity index is 1.60. The number of carbonyl (C=O) groups excluding carboxylic acids is 2. The number of nitrogens with one attached hydrogen (secondary N) is 1. The monoisotopic (exact) mass is 469 g/mol. The van der Waals surface area contributed by atoms with Gasteiger partial charge in [-0.15, -0.1) is 10.2 Å². The van der Waals surface area contributed by atoms with E-state index in [9.17, 15) is 9.59 Å². The summed E-state index contributed by atoms with van der Waals surface area (Å²) in [5.41, 5.74) is 2.02. The Hall–Kier alpha value is -2.84. The molecule has 166 valence electrons. The largest absolute Gasteiger partial charge is 0.341 e. The maximum atomic E-state index is 13.1. The zero-order chi connectivity index (χ0) is 22.7. The van der Waals surface area contributed by atoms with Gasteiger partial charge in [-0.25, -0.2) is 0 Å². The molecule has 1 fully saturated rings. The lowest BCUT2D eigenvalue weighted by molar-refractivity contribution is -0.114. The van der Waals surface area contributed by atoms with Gasteiger partial charge < -0.3 is 10.2 Å². The summed E-state index contributed by atoms with van der Waals surface area (Å²) in [4.78, 5) is 26.5. The fourth-order valence-corrected chi connectivity index (χ4v) is 4.82. The Kier molecular flexibility index (Phi) is 6.81. The lowest BCUT2D eigenvalue weighted by atomic mass is 10.1. The molecule has 0 spiro atoms. The van der Waals surface area contributed by atoms with E-state index in [4.69, 9.17) is 11.6 Å². The molecule has 0 aliphatic carbocycles. The van der Waals surface area contributed by atoms with Gasteiger partial charge >= 0.3 is 0 Å². The van der Waals surface area contributed by atoms with Crippen LogP contribution in [0.2, 0.25) is 5.02 Å². The van der Waals surface area contributed by atoms with Crippen LogP contribution >= 0.6 is 23.4 Å². The fraction of sp³-hybridized carbons (Fsp3) is 0.304. The van der Waals surface area contributed by atoms with Crippen molar-refractivity contribution >= 4 is 46.7 Å². The highest BCUT2D eigenvalue weighted by Crippen LogP contribution is 2.34. The van der Waals surface area contributed by atoms with Gasteiger partial charge in [0.25, 0.3) is 0 Å². The lowest BCUT2D eigenvalue weighted by Gasteiger charge is -2.19. The van der Waals surface area contributed by atoms with E-state index in [1.807, 2.05) is 35.8 Å². The predicted molar refractivity (Wildman–Crippen MR) is 128 cm³/mol. The van der Waals surface area contributed by atoms with Crippen molar-refractivity contribution in [1.82, 2.24) is 14.8 Å². The molecule has 9 heteroatoms. The van der Waals surface area contributed by atoms with E-state index in [2.05, 4.69) is 20.4 Å². The summed E-state index contributed by atoms with van der Waals surface area (Å²) in [7, 11) is 0. The van der Waals surface area contributed by atoms with Crippen molar-refractivity contribution in [3.05, 3.63) is 59.1 Å². The van der Waals surface area contributed by atoms with Crippen LogP contribution < -0.4 is 10.2 Å². The first-order valence-electron chi connectivity index (χ1n) is 10.5. The van der Waals surface area contributed by atoms with E-state index in [-0.39, 0.29) is 11.7 Å². The van der Waals surface area contributed by atoms with Gasteiger partial charge in [-0.05, 0) is 56.2 Å². The zero-order valence-electron chi connectivity index (χ0n) is 17.9. The normalized spacial score (nSPS) is 14.4. The van der Waals surface area contributed by atoms with Crippen molar-refractivity contribution in [3.8, 4) is 5.69 Å². The number of aromatic nitrogens is 3. The maximum Gasteiger partial charge on any atom is 0.232 e. The van der Waals surface area contributed by atoms with Gasteiger partial charge in [-0.3, -0.25) is 14.2 Å². The van der Waals surface area contributed by atoms with E-state index in [0.29, 0.717) is 21.4 Å². The molecule has 1 saturated heterocycles. The van der Waals surface area contributed by atoms with Crippen molar-refractivity contribution < 1.29 is 9.59 Å². The fourth-order valence-electron chi connectivity index (χ4n) is 3.67. The number of hydrogen-bond donors (Lipinski definition) is 1. The molecule has 1 atom stereocenters. The standard InChI is InChI=1S/C23H24ClN5O2S/c1-15(21(31)17-9-11-18(12-10-17)25-16(2)30)32-23-27-26-22(28-13-5-6-14-28)29(23)20-8-4-3-7-19(20)24/h3-4,7-12,15H,5-6,13-14H2,1-2H3,(H,25,30). The number of halogens is 1. The number of hydrogen-bond acceptors (Lipinski definition) is 6. The zero-order valence-corrected chi connectivity index (χ0v) is 19.5. The van der Waals surface area contributed by atoms with Crippen LogP contribution in [0.4, 0.5) is 11.6 Å². The number of anilines is 2. The summed E-state index contributed by atoms with van der Waals surface area (Å²) >= 11 is 7.87. The minimum Gasteiger partial charge on any atom is -0.341 e. The number of ketones is 1. The summed E-state index contributed by atoms with van der Waals surface area (Å²) in [5.74, 6) is 0.568. The second kappa shape index (κ2) is 9.75. The van der Waals surface area contributed by atoms with Crippen molar-refractivity contribution in [1.29, 1.82) is 0 Å². The summed E-state index contributed by atoms with van der Waals surface area (Å²) in [6.07, 6.45) is 2.22. The van der Waals surface area contributed by atoms with Gasteiger partial charge in [0.2, 0.25) is 11.9 Å². The second-order valence-electron chi connectivity index (χ2n) is 7.65. The molecule has 2 aromatic carbocycles. The molecular formula is C23H24ClN5O2S. The highest BCUT2D eigenvalue weighted by molar-refractivity contribution is 8.00. The Morgan fingerprint density at radius 3 is 2.41 bits per heavy atom. The number of carbonyl (C=O) groups is 2. The predicted octanol–water partition coefficient (Wildman–Crippen LogP) is 4.84. The van der Waals surface area contributed by atoms with E-state index in [1.165, 1.54) is 18.7 Å². The first kappa shape index (κ1) is 22.4. The first-order chi connectivity index (χ1) is 15.4. The number of rotatable bonds is 7. The Morgan fingerprint density at radius 2 is 1.75 bits per heavy atom. The molecule has 0 saturated carbocycles. The molecule has 4 rings (SSSR count). The van der Waals surface area contributed by atoms with Gasteiger partial charge in [0, 0.05) is 31.3 Å². The number of thioether (sulfide) groups is 1. The summed E-state index contributed by atoms with van der Waals surface area (Å²) < 4.78 is 1.95. The Morgan fingerprint density at radius 1 is 1.06 bits per heavy atom. The number of benzene rings is 2. The molecule has 32 heavy (non-hydrogen) atoms. The van der Waals surface area contributed by atoms with E-state index < -0.39 is 5.25 Å². The maximum absolute atomic E-state index is 13.1. The van der Waals surface area contributed by atoms with Crippen LogP contribution in [0.25, 0.3) is 5.69 Å². The van der Waals surface area contributed by atoms with Crippen LogP contribution in [0.5, 0.6) is 0 Å². The minimum absolute atomic E-state index is 0.0270. The van der Waals surface area contributed by atoms with E-state index in [0.717, 1.165) is 37.6 Å². The third kappa shape index (κ3) is 4.81. The van der Waals surface area contributed by atoms with Gasteiger partial charge in [0.05, 0.1) is 16.0 Å². The molecule has 2 heterocycles. The molecule has 0 radical (unpaired) electrons. The quantitative estimate of drug-likeness (QED) is 0.394. The average molecular weight is 470 g/mol. The third-order valence-corrected chi connectivity index (χ3v) is 6.60. The summed E-state index contributed by atoms with van der Waals surface area (Å²) in [5, 5.41) is 12.4. The molecule has 1 aromatic heterocycles. The van der Waals surface area contributed by atoms with Gasteiger partial charge in [-0.1, -0.05) is 35.5 Å². The van der Waals surface area contributed by atoms with Crippen LogP contribution in [-0.4, -0.2) is 44.8 Å². The SMILES string of the molecule is CC(=O)Nc1ccc(C(=O)C(C)Sc2nnc(N3CCCC3)n2-c2ccccc2Cl)cc1. The molecule has 1 aliphatic heterocycles. The van der Waals surface area contributed by atoms with Crippen LogP contribution in [-0.2, 0) is 4.79 Å². The van der Waals surface area contributed by atoms with Crippen molar-refractivity contribution in [3.63, 3.8) is 0 Å². The van der Waals surface area contributed by atoms with Crippen molar-refractivity contribution in [2.24, 2.45) is 0 Å². The molecule has 1 unspecified atom stereocenters. The smallest absolute Gasteiger partial charge is 0.232 e. The molecule has 1 aliphatic rings. The number of para-hydroxylation sites is 1. The van der Waals surface area contributed by atoms with Crippen LogP contribution in [0.1, 0.15) is 37.0 Å². The molecule has 0 bridgehead atoms. The highest BCUT2D eigenvalue weighted by Gasteiger charge is 2.26. The van der Waals surface area contributed by atoms with Crippen LogP contribution in [0.3, 0.4) is 0 Å². The number of amides is 1.